The maximum atomic E-state index is 12.0. The summed E-state index contributed by atoms with van der Waals surface area (Å²) in [5, 5.41) is 13.7. The van der Waals surface area contributed by atoms with Crippen LogP contribution in [0, 0.1) is 0 Å². The minimum Gasteiger partial charge on any atom is -0.396 e. The molecule has 2 N–H and O–H groups in total. The van der Waals surface area contributed by atoms with Crippen molar-refractivity contribution in [2.75, 3.05) is 11.9 Å². The van der Waals surface area contributed by atoms with Gasteiger partial charge in [-0.15, -0.1) is 11.3 Å². The van der Waals surface area contributed by atoms with E-state index in [1.54, 1.807) is 11.3 Å². The van der Waals surface area contributed by atoms with Crippen LogP contribution in [0.2, 0.25) is 0 Å². The SMILES string of the molecule is O=C(Cc1cn2ccsc2n1)Nc1ccc(CCO)cc1. The van der Waals surface area contributed by atoms with Gasteiger partial charge >= 0.3 is 0 Å². The smallest absolute Gasteiger partial charge is 0.230 e. The Hall–Kier alpha value is -2.18. The van der Waals surface area contributed by atoms with Gasteiger partial charge in [-0.1, -0.05) is 12.1 Å². The Kier molecular flexibility index (Phi) is 3.98. The molecule has 0 radical (unpaired) electrons. The maximum absolute atomic E-state index is 12.0. The van der Waals surface area contributed by atoms with E-state index < -0.39 is 0 Å². The van der Waals surface area contributed by atoms with Crippen molar-refractivity contribution in [3.63, 3.8) is 0 Å². The zero-order valence-corrected chi connectivity index (χ0v) is 12.1. The number of nitrogens with one attached hydrogen (secondary N) is 1. The molecule has 1 aromatic carbocycles. The number of aromatic nitrogens is 2. The van der Waals surface area contributed by atoms with Gasteiger partial charge in [0, 0.05) is 30.1 Å². The molecule has 3 aromatic rings. The molecule has 0 unspecified atom stereocenters. The molecule has 0 bridgehead atoms. The first-order valence-electron chi connectivity index (χ1n) is 6.65. The number of aliphatic hydroxyl groups excluding tert-OH is 1. The van der Waals surface area contributed by atoms with Gasteiger partial charge in [0.25, 0.3) is 0 Å². The molecular weight excluding hydrogens is 286 g/mol. The van der Waals surface area contributed by atoms with Crippen LogP contribution in [0.4, 0.5) is 5.69 Å². The molecule has 0 saturated heterocycles. The van der Waals surface area contributed by atoms with E-state index >= 15 is 0 Å². The van der Waals surface area contributed by atoms with Crippen molar-refractivity contribution in [3.05, 3.63) is 53.3 Å². The normalized spacial score (nSPS) is 10.9. The Morgan fingerprint density at radius 1 is 1.33 bits per heavy atom. The molecule has 108 valence electrons. The molecule has 3 rings (SSSR count). The van der Waals surface area contributed by atoms with E-state index in [1.165, 1.54) is 0 Å². The third kappa shape index (κ3) is 3.29. The van der Waals surface area contributed by atoms with Crippen molar-refractivity contribution in [1.82, 2.24) is 9.38 Å². The molecule has 5 nitrogen and oxygen atoms in total. The molecular formula is C15H15N3O2S. The molecule has 0 aliphatic heterocycles. The number of hydrogen-bond acceptors (Lipinski definition) is 4. The van der Waals surface area contributed by atoms with Gasteiger partial charge in [-0.25, -0.2) is 4.98 Å². The fourth-order valence-electron chi connectivity index (χ4n) is 2.11. The summed E-state index contributed by atoms with van der Waals surface area (Å²) in [6.45, 7) is 0.128. The number of carbonyl (C=O) groups is 1. The zero-order chi connectivity index (χ0) is 14.7. The lowest BCUT2D eigenvalue weighted by Gasteiger charge is -2.05. The highest BCUT2D eigenvalue weighted by atomic mass is 32.1. The van der Waals surface area contributed by atoms with Gasteiger partial charge in [0.1, 0.15) is 0 Å². The largest absolute Gasteiger partial charge is 0.396 e. The summed E-state index contributed by atoms with van der Waals surface area (Å²) in [4.78, 5) is 17.3. The Labute approximate surface area is 125 Å². The lowest BCUT2D eigenvalue weighted by atomic mass is 10.1. The summed E-state index contributed by atoms with van der Waals surface area (Å²) in [6.07, 6.45) is 4.68. The van der Waals surface area contributed by atoms with Crippen LogP contribution >= 0.6 is 11.3 Å². The molecule has 1 amide bonds. The fourth-order valence-corrected chi connectivity index (χ4v) is 2.83. The summed E-state index contributed by atoms with van der Waals surface area (Å²) < 4.78 is 1.91. The van der Waals surface area contributed by atoms with Gasteiger partial charge in [0.15, 0.2) is 4.96 Å². The van der Waals surface area contributed by atoms with E-state index in [-0.39, 0.29) is 18.9 Å². The van der Waals surface area contributed by atoms with Crippen molar-refractivity contribution >= 4 is 27.9 Å². The number of hydrogen-bond donors (Lipinski definition) is 2. The van der Waals surface area contributed by atoms with Crippen LogP contribution in [0.1, 0.15) is 11.3 Å². The van der Waals surface area contributed by atoms with E-state index in [9.17, 15) is 4.79 Å². The van der Waals surface area contributed by atoms with Crippen LogP contribution in [0.15, 0.2) is 42.0 Å². The van der Waals surface area contributed by atoms with E-state index in [0.29, 0.717) is 6.42 Å². The number of benzene rings is 1. The topological polar surface area (TPSA) is 66.6 Å². The second-order valence-electron chi connectivity index (χ2n) is 4.72. The molecule has 21 heavy (non-hydrogen) atoms. The lowest BCUT2D eigenvalue weighted by Crippen LogP contribution is -2.14. The van der Waals surface area contributed by atoms with E-state index in [0.717, 1.165) is 21.9 Å². The molecule has 0 spiro atoms. The minimum atomic E-state index is -0.0874. The van der Waals surface area contributed by atoms with Gasteiger partial charge < -0.3 is 10.4 Å². The van der Waals surface area contributed by atoms with E-state index in [4.69, 9.17) is 5.11 Å². The summed E-state index contributed by atoms with van der Waals surface area (Å²) in [6, 6.07) is 7.49. The Bertz CT molecular complexity index is 717. The summed E-state index contributed by atoms with van der Waals surface area (Å²) in [7, 11) is 0. The zero-order valence-electron chi connectivity index (χ0n) is 11.3. The highest BCUT2D eigenvalue weighted by Gasteiger charge is 2.08. The first-order valence-corrected chi connectivity index (χ1v) is 7.53. The number of anilines is 1. The van der Waals surface area contributed by atoms with Crippen LogP contribution in [0.5, 0.6) is 0 Å². The highest BCUT2D eigenvalue weighted by molar-refractivity contribution is 7.15. The quantitative estimate of drug-likeness (QED) is 0.758. The first-order chi connectivity index (χ1) is 10.2. The Morgan fingerprint density at radius 3 is 2.86 bits per heavy atom. The van der Waals surface area contributed by atoms with Crippen molar-refractivity contribution in [2.45, 2.75) is 12.8 Å². The van der Waals surface area contributed by atoms with Crippen molar-refractivity contribution in [3.8, 4) is 0 Å². The van der Waals surface area contributed by atoms with Gasteiger partial charge in [0.2, 0.25) is 5.91 Å². The van der Waals surface area contributed by atoms with Crippen molar-refractivity contribution < 1.29 is 9.90 Å². The average molecular weight is 301 g/mol. The molecule has 6 heteroatoms. The monoisotopic (exact) mass is 301 g/mol. The molecule has 0 fully saturated rings. The van der Waals surface area contributed by atoms with Crippen LogP contribution in [-0.4, -0.2) is 27.0 Å². The molecule has 0 aliphatic carbocycles. The number of imidazole rings is 1. The number of amides is 1. The van der Waals surface area contributed by atoms with E-state index in [2.05, 4.69) is 10.3 Å². The van der Waals surface area contributed by atoms with Gasteiger partial charge in [0.05, 0.1) is 12.1 Å². The molecule has 0 aliphatic rings. The lowest BCUT2D eigenvalue weighted by molar-refractivity contribution is -0.115. The summed E-state index contributed by atoms with van der Waals surface area (Å²) in [5.74, 6) is -0.0874. The number of rotatable bonds is 5. The number of thiazole rings is 1. The van der Waals surface area contributed by atoms with Crippen LogP contribution in [-0.2, 0) is 17.6 Å². The van der Waals surface area contributed by atoms with Crippen molar-refractivity contribution in [2.24, 2.45) is 0 Å². The molecule has 2 aromatic heterocycles. The second-order valence-corrected chi connectivity index (χ2v) is 5.59. The minimum absolute atomic E-state index is 0.0874. The second kappa shape index (κ2) is 6.07. The van der Waals surface area contributed by atoms with Gasteiger partial charge in [-0.3, -0.25) is 9.20 Å². The maximum Gasteiger partial charge on any atom is 0.230 e. The number of aliphatic hydroxyl groups is 1. The fraction of sp³-hybridized carbons (Fsp3) is 0.200. The van der Waals surface area contributed by atoms with Gasteiger partial charge in [-0.05, 0) is 24.1 Å². The molecule has 2 heterocycles. The summed E-state index contributed by atoms with van der Waals surface area (Å²) >= 11 is 1.55. The van der Waals surface area contributed by atoms with E-state index in [1.807, 2.05) is 46.4 Å². The third-order valence-electron chi connectivity index (χ3n) is 3.12. The number of nitrogens with zero attached hydrogens (tertiary/aromatic N) is 2. The Balaban J connectivity index is 1.61. The van der Waals surface area contributed by atoms with Crippen LogP contribution < -0.4 is 5.32 Å². The summed E-state index contributed by atoms with van der Waals surface area (Å²) in [5.41, 5.74) is 2.56. The average Bonchev–Trinajstić information content (AvgIpc) is 3.02. The molecule has 0 saturated carbocycles. The predicted molar refractivity (Wildman–Crippen MR) is 82.6 cm³/mol. The van der Waals surface area contributed by atoms with Crippen molar-refractivity contribution in [1.29, 1.82) is 0 Å². The predicted octanol–water partition coefficient (Wildman–Crippen LogP) is 2.11. The van der Waals surface area contributed by atoms with Gasteiger partial charge in [-0.2, -0.15) is 0 Å². The number of fused-ring (bicyclic) bond motifs is 1. The third-order valence-corrected chi connectivity index (χ3v) is 3.89. The standard InChI is InChI=1S/C15H15N3O2S/c19-7-5-11-1-3-12(4-2-11)16-14(20)9-13-10-18-6-8-21-15(18)17-13/h1-4,6,8,10,19H,5,7,9H2,(H,16,20). The highest BCUT2D eigenvalue weighted by Crippen LogP contribution is 2.13. The molecule has 0 atom stereocenters. The van der Waals surface area contributed by atoms with Crippen LogP contribution in [0.3, 0.4) is 0 Å². The first kappa shape index (κ1) is 13.8. The van der Waals surface area contributed by atoms with Crippen LogP contribution in [0.25, 0.3) is 4.96 Å². The Morgan fingerprint density at radius 2 is 2.14 bits per heavy atom. The number of carbonyl (C=O) groups excluding carboxylic acids is 1.